The highest BCUT2D eigenvalue weighted by Crippen LogP contribution is 2.25. The van der Waals surface area contributed by atoms with Gasteiger partial charge in [-0.3, -0.25) is 9.78 Å². The maximum Gasteiger partial charge on any atom is 0.242 e. The Balaban J connectivity index is 1.72. The molecular formula is C17H19ClN2O. The summed E-state index contributed by atoms with van der Waals surface area (Å²) in [5.41, 5.74) is 1.74. The number of carbonyl (C=O) groups is 1. The van der Waals surface area contributed by atoms with E-state index < -0.39 is 5.38 Å². The van der Waals surface area contributed by atoms with Gasteiger partial charge in [0.25, 0.3) is 0 Å². The van der Waals surface area contributed by atoms with Crippen molar-refractivity contribution < 1.29 is 4.79 Å². The SMILES string of the molecule is O=C(NC1CCCCC1)C(Cl)c1ccc2ncccc2c1. The molecule has 110 valence electrons. The van der Waals surface area contributed by atoms with Crippen LogP contribution in [0.5, 0.6) is 0 Å². The largest absolute Gasteiger partial charge is 0.352 e. The van der Waals surface area contributed by atoms with Crippen molar-refractivity contribution in [1.29, 1.82) is 0 Å². The highest BCUT2D eigenvalue weighted by atomic mass is 35.5. The third-order valence-corrected chi connectivity index (χ3v) is 4.55. The zero-order valence-electron chi connectivity index (χ0n) is 11.9. The second-order valence-electron chi connectivity index (χ2n) is 5.66. The van der Waals surface area contributed by atoms with Gasteiger partial charge in [-0.15, -0.1) is 11.6 Å². The van der Waals surface area contributed by atoms with Crippen molar-refractivity contribution in [3.8, 4) is 0 Å². The average molecular weight is 303 g/mol. The molecule has 0 bridgehead atoms. The van der Waals surface area contributed by atoms with Gasteiger partial charge in [0, 0.05) is 17.6 Å². The molecule has 1 heterocycles. The Labute approximate surface area is 129 Å². The van der Waals surface area contributed by atoms with Gasteiger partial charge in [0.15, 0.2) is 0 Å². The van der Waals surface area contributed by atoms with E-state index in [-0.39, 0.29) is 11.9 Å². The van der Waals surface area contributed by atoms with E-state index in [0.717, 1.165) is 29.3 Å². The first kappa shape index (κ1) is 14.3. The number of hydrogen-bond acceptors (Lipinski definition) is 2. The van der Waals surface area contributed by atoms with Crippen LogP contribution in [-0.2, 0) is 4.79 Å². The number of alkyl halides is 1. The van der Waals surface area contributed by atoms with Gasteiger partial charge in [0.1, 0.15) is 5.38 Å². The normalized spacial score (nSPS) is 17.6. The summed E-state index contributed by atoms with van der Waals surface area (Å²) in [5, 5.41) is 3.44. The molecule has 2 aromatic rings. The third-order valence-electron chi connectivity index (χ3n) is 4.10. The third kappa shape index (κ3) is 3.35. The van der Waals surface area contributed by atoms with Crippen LogP contribution in [0.4, 0.5) is 0 Å². The second-order valence-corrected chi connectivity index (χ2v) is 6.10. The van der Waals surface area contributed by atoms with Gasteiger partial charge in [-0.25, -0.2) is 0 Å². The summed E-state index contributed by atoms with van der Waals surface area (Å²) < 4.78 is 0. The van der Waals surface area contributed by atoms with Crippen LogP contribution in [0.2, 0.25) is 0 Å². The molecule has 1 amide bonds. The van der Waals surface area contributed by atoms with Crippen molar-refractivity contribution in [2.24, 2.45) is 0 Å². The van der Waals surface area contributed by atoms with Crippen molar-refractivity contribution >= 4 is 28.4 Å². The topological polar surface area (TPSA) is 42.0 Å². The second kappa shape index (κ2) is 6.44. The number of nitrogens with zero attached hydrogens (tertiary/aromatic N) is 1. The number of carbonyl (C=O) groups excluding carboxylic acids is 1. The van der Waals surface area contributed by atoms with E-state index in [1.165, 1.54) is 19.3 Å². The van der Waals surface area contributed by atoms with Gasteiger partial charge < -0.3 is 5.32 Å². The molecule has 3 nitrogen and oxygen atoms in total. The van der Waals surface area contributed by atoms with Crippen LogP contribution in [-0.4, -0.2) is 16.9 Å². The van der Waals surface area contributed by atoms with Crippen molar-refractivity contribution in [3.05, 3.63) is 42.1 Å². The molecule has 1 aliphatic carbocycles. The predicted molar refractivity (Wildman–Crippen MR) is 85.4 cm³/mol. The van der Waals surface area contributed by atoms with Crippen LogP contribution in [0.1, 0.15) is 43.0 Å². The molecule has 4 heteroatoms. The molecule has 21 heavy (non-hydrogen) atoms. The van der Waals surface area contributed by atoms with Gasteiger partial charge in [-0.1, -0.05) is 31.4 Å². The van der Waals surface area contributed by atoms with Crippen LogP contribution >= 0.6 is 11.6 Å². The van der Waals surface area contributed by atoms with E-state index in [2.05, 4.69) is 10.3 Å². The first-order valence-electron chi connectivity index (χ1n) is 7.53. The zero-order chi connectivity index (χ0) is 14.7. The van der Waals surface area contributed by atoms with Crippen molar-refractivity contribution in [2.75, 3.05) is 0 Å². The van der Waals surface area contributed by atoms with E-state index in [9.17, 15) is 4.79 Å². The Hall–Kier alpha value is -1.61. The Morgan fingerprint density at radius 3 is 2.86 bits per heavy atom. The van der Waals surface area contributed by atoms with E-state index in [0.29, 0.717) is 0 Å². The predicted octanol–water partition coefficient (Wildman–Crippen LogP) is 3.96. The van der Waals surface area contributed by atoms with Gasteiger partial charge >= 0.3 is 0 Å². The molecule has 0 spiro atoms. The van der Waals surface area contributed by atoms with Gasteiger partial charge in [-0.05, 0) is 36.6 Å². The number of benzene rings is 1. The minimum Gasteiger partial charge on any atom is -0.352 e. The number of halogens is 1. The van der Waals surface area contributed by atoms with Gasteiger partial charge in [0.05, 0.1) is 5.52 Å². The van der Waals surface area contributed by atoms with Crippen molar-refractivity contribution in [2.45, 2.75) is 43.5 Å². The number of pyridine rings is 1. The Bertz CT molecular complexity index is 637. The lowest BCUT2D eigenvalue weighted by Gasteiger charge is -2.24. The monoisotopic (exact) mass is 302 g/mol. The van der Waals surface area contributed by atoms with Gasteiger partial charge in [-0.2, -0.15) is 0 Å². The molecule has 1 aromatic heterocycles. The molecule has 1 aromatic carbocycles. The Morgan fingerprint density at radius 2 is 2.05 bits per heavy atom. The first-order valence-corrected chi connectivity index (χ1v) is 7.97. The summed E-state index contributed by atoms with van der Waals surface area (Å²) in [7, 11) is 0. The number of rotatable bonds is 3. The van der Waals surface area contributed by atoms with Crippen LogP contribution in [0.15, 0.2) is 36.5 Å². The lowest BCUT2D eigenvalue weighted by atomic mass is 9.95. The number of amides is 1. The molecule has 0 saturated heterocycles. The smallest absolute Gasteiger partial charge is 0.242 e. The molecule has 3 rings (SSSR count). The van der Waals surface area contributed by atoms with Crippen molar-refractivity contribution in [3.63, 3.8) is 0 Å². The average Bonchev–Trinajstić information content (AvgIpc) is 2.54. The fraction of sp³-hybridized carbons (Fsp3) is 0.412. The summed E-state index contributed by atoms with van der Waals surface area (Å²) in [6.07, 6.45) is 7.55. The summed E-state index contributed by atoms with van der Waals surface area (Å²) in [5.74, 6) is -0.0909. The van der Waals surface area contributed by atoms with E-state index in [4.69, 9.17) is 11.6 Å². The summed E-state index contributed by atoms with van der Waals surface area (Å²) in [6, 6.07) is 9.89. The van der Waals surface area contributed by atoms with Crippen LogP contribution < -0.4 is 5.32 Å². The van der Waals surface area contributed by atoms with Crippen molar-refractivity contribution in [1.82, 2.24) is 10.3 Å². The van der Waals surface area contributed by atoms with Gasteiger partial charge in [0.2, 0.25) is 5.91 Å². The molecule has 1 fully saturated rings. The maximum absolute atomic E-state index is 12.3. The summed E-state index contributed by atoms with van der Waals surface area (Å²) in [6.45, 7) is 0. The highest BCUT2D eigenvalue weighted by Gasteiger charge is 2.22. The lowest BCUT2D eigenvalue weighted by molar-refractivity contribution is -0.121. The molecule has 1 atom stereocenters. The molecule has 1 N–H and O–H groups in total. The number of nitrogens with one attached hydrogen (secondary N) is 1. The molecule has 1 saturated carbocycles. The molecule has 0 radical (unpaired) electrons. The lowest BCUT2D eigenvalue weighted by Crippen LogP contribution is -2.38. The van der Waals surface area contributed by atoms with Crippen LogP contribution in [0, 0.1) is 0 Å². The summed E-state index contributed by atoms with van der Waals surface area (Å²) in [4.78, 5) is 16.6. The molecule has 1 unspecified atom stereocenters. The van der Waals surface area contributed by atoms with Crippen LogP contribution in [0.25, 0.3) is 10.9 Å². The summed E-state index contributed by atoms with van der Waals surface area (Å²) >= 11 is 6.34. The Kier molecular flexibility index (Phi) is 4.39. The fourth-order valence-electron chi connectivity index (χ4n) is 2.92. The number of aromatic nitrogens is 1. The number of fused-ring (bicyclic) bond motifs is 1. The van der Waals surface area contributed by atoms with E-state index in [1.807, 2.05) is 30.3 Å². The quantitative estimate of drug-likeness (QED) is 0.872. The highest BCUT2D eigenvalue weighted by molar-refractivity contribution is 6.30. The Morgan fingerprint density at radius 1 is 1.24 bits per heavy atom. The van der Waals surface area contributed by atoms with Crippen LogP contribution in [0.3, 0.4) is 0 Å². The minimum absolute atomic E-state index is 0.0909. The van der Waals surface area contributed by atoms with E-state index >= 15 is 0 Å². The van der Waals surface area contributed by atoms with E-state index in [1.54, 1.807) is 6.20 Å². The zero-order valence-corrected chi connectivity index (χ0v) is 12.6. The molecule has 0 aliphatic heterocycles. The molecular weight excluding hydrogens is 284 g/mol. The maximum atomic E-state index is 12.3. The standard InChI is InChI=1S/C17H19ClN2O/c18-16(17(21)20-14-6-2-1-3-7-14)13-8-9-15-12(11-13)5-4-10-19-15/h4-5,8-11,14,16H,1-3,6-7H2,(H,20,21). The fourth-order valence-corrected chi connectivity index (χ4v) is 3.12. The number of hydrogen-bond donors (Lipinski definition) is 1. The molecule has 1 aliphatic rings. The minimum atomic E-state index is -0.642. The first-order chi connectivity index (χ1) is 10.2.